The quantitative estimate of drug-likeness (QED) is 0.0359. The van der Waals surface area contributed by atoms with Crippen LogP contribution in [-0.4, -0.2) is 77.3 Å². The van der Waals surface area contributed by atoms with Gasteiger partial charge in [-0.15, -0.1) is 0 Å². The average Bonchev–Trinajstić information content (AvgIpc) is 3.18. The minimum absolute atomic E-state index is 0.129. The lowest BCUT2D eigenvalue weighted by Gasteiger charge is -2.40. The molecule has 0 aromatic rings. The van der Waals surface area contributed by atoms with Gasteiger partial charge in [0.15, 0.2) is 12.4 Å². The van der Waals surface area contributed by atoms with Gasteiger partial charge in [0.25, 0.3) is 0 Å². The van der Waals surface area contributed by atoms with Crippen molar-refractivity contribution >= 4 is 11.9 Å². The lowest BCUT2D eigenvalue weighted by atomic mass is 9.97. The van der Waals surface area contributed by atoms with Crippen LogP contribution in [0.25, 0.3) is 0 Å². The van der Waals surface area contributed by atoms with Crippen LogP contribution in [-0.2, 0) is 28.5 Å². The van der Waals surface area contributed by atoms with Gasteiger partial charge in [-0.1, -0.05) is 131 Å². The van der Waals surface area contributed by atoms with Crippen LogP contribution in [0.2, 0.25) is 0 Å². The van der Waals surface area contributed by atoms with E-state index >= 15 is 0 Å². The highest BCUT2D eigenvalue weighted by Crippen LogP contribution is 2.24. The van der Waals surface area contributed by atoms with Crippen LogP contribution in [0.3, 0.4) is 0 Å². The summed E-state index contributed by atoms with van der Waals surface area (Å²) in [7, 11) is 0. The SMILES string of the molecule is CC/C=C\C/C=C\C/C=C\C/C=C\C/C=C\CCCC(=O)OCC(COC1OC(CC)C(O)C(O)C1O)OC(=O)CC/C=C\C/C=C\C/C=C\CCCCC. The summed E-state index contributed by atoms with van der Waals surface area (Å²) in [6.07, 6.45) is 40.7. The second-order valence-corrected chi connectivity index (χ2v) is 13.6. The molecule has 0 aromatic heterocycles. The van der Waals surface area contributed by atoms with Crippen molar-refractivity contribution in [1.82, 2.24) is 0 Å². The molecule has 1 rings (SSSR count). The van der Waals surface area contributed by atoms with Crippen LogP contribution in [0.5, 0.6) is 0 Å². The molecule has 55 heavy (non-hydrogen) atoms. The number of ether oxygens (including phenoxy) is 4. The van der Waals surface area contributed by atoms with Crippen LogP contribution in [0.15, 0.2) is 97.2 Å². The summed E-state index contributed by atoms with van der Waals surface area (Å²) in [4.78, 5) is 25.2. The molecule has 0 saturated carbocycles. The number of hydrogen-bond donors (Lipinski definition) is 3. The molecule has 0 aromatic carbocycles. The Morgan fingerprint density at radius 3 is 1.60 bits per heavy atom. The molecule has 1 heterocycles. The Morgan fingerprint density at radius 2 is 1.07 bits per heavy atom. The third-order valence-corrected chi connectivity index (χ3v) is 8.69. The van der Waals surface area contributed by atoms with E-state index in [0.29, 0.717) is 19.3 Å². The van der Waals surface area contributed by atoms with Crippen LogP contribution in [0.1, 0.15) is 130 Å². The van der Waals surface area contributed by atoms with E-state index in [1.165, 1.54) is 19.3 Å². The van der Waals surface area contributed by atoms with Crippen molar-refractivity contribution in [3.8, 4) is 0 Å². The molecule has 0 radical (unpaired) electrons. The maximum Gasteiger partial charge on any atom is 0.306 e. The zero-order valence-electron chi connectivity index (χ0n) is 33.9. The lowest BCUT2D eigenvalue weighted by Crippen LogP contribution is -2.58. The van der Waals surface area contributed by atoms with E-state index in [0.717, 1.165) is 57.8 Å². The number of carbonyl (C=O) groups is 2. The summed E-state index contributed by atoms with van der Waals surface area (Å²) in [5, 5.41) is 30.8. The minimum atomic E-state index is -1.51. The first-order valence-electron chi connectivity index (χ1n) is 20.7. The van der Waals surface area contributed by atoms with Gasteiger partial charge < -0.3 is 34.3 Å². The molecule has 0 bridgehead atoms. The fourth-order valence-corrected chi connectivity index (χ4v) is 5.44. The van der Waals surface area contributed by atoms with Gasteiger partial charge in [-0.05, 0) is 83.5 Å². The molecule has 3 N–H and O–H groups in total. The van der Waals surface area contributed by atoms with Gasteiger partial charge in [0.05, 0.1) is 12.7 Å². The monoisotopic (exact) mass is 769 g/mol. The van der Waals surface area contributed by atoms with Crippen molar-refractivity contribution in [2.24, 2.45) is 0 Å². The number of hydrogen-bond acceptors (Lipinski definition) is 9. The number of aliphatic hydroxyl groups is 3. The van der Waals surface area contributed by atoms with Crippen LogP contribution in [0.4, 0.5) is 0 Å². The zero-order chi connectivity index (χ0) is 40.2. The first-order chi connectivity index (χ1) is 26.8. The fraction of sp³-hybridized carbons (Fsp3) is 0.609. The lowest BCUT2D eigenvalue weighted by molar-refractivity contribution is -0.301. The molecule has 0 aliphatic carbocycles. The van der Waals surface area contributed by atoms with Crippen LogP contribution in [0, 0.1) is 0 Å². The molecule has 1 saturated heterocycles. The molecular formula is C46H72O9. The van der Waals surface area contributed by atoms with E-state index in [1.54, 1.807) is 6.92 Å². The molecule has 310 valence electrons. The van der Waals surface area contributed by atoms with E-state index in [4.69, 9.17) is 18.9 Å². The molecule has 0 amide bonds. The summed E-state index contributed by atoms with van der Waals surface area (Å²) in [6.45, 7) is 5.64. The third-order valence-electron chi connectivity index (χ3n) is 8.69. The van der Waals surface area contributed by atoms with E-state index in [-0.39, 0.29) is 26.1 Å². The highest BCUT2D eigenvalue weighted by molar-refractivity contribution is 5.70. The maximum absolute atomic E-state index is 12.7. The van der Waals surface area contributed by atoms with Crippen molar-refractivity contribution in [2.75, 3.05) is 13.2 Å². The molecule has 1 aliphatic rings. The highest BCUT2D eigenvalue weighted by atomic mass is 16.7. The normalized spacial score (nSPS) is 21.6. The van der Waals surface area contributed by atoms with Gasteiger partial charge in [-0.2, -0.15) is 0 Å². The first kappa shape index (κ1) is 49.7. The minimum Gasteiger partial charge on any atom is -0.462 e. The zero-order valence-corrected chi connectivity index (χ0v) is 33.9. The topological polar surface area (TPSA) is 132 Å². The van der Waals surface area contributed by atoms with E-state index in [1.807, 2.05) is 18.2 Å². The molecule has 0 spiro atoms. The van der Waals surface area contributed by atoms with Crippen molar-refractivity contribution < 1.29 is 43.9 Å². The second-order valence-electron chi connectivity index (χ2n) is 13.6. The smallest absolute Gasteiger partial charge is 0.306 e. The Kier molecular flexibility index (Phi) is 31.7. The number of carbonyl (C=O) groups excluding carboxylic acids is 2. The molecule has 6 unspecified atom stereocenters. The first-order valence-corrected chi connectivity index (χ1v) is 20.7. The standard InChI is InChI=1S/C46H72O9/c1-4-7-9-11-13-15-17-19-20-21-22-24-25-27-29-31-33-35-41(47)52-37-39(38-53-46-45(51)44(50)43(49)40(6-3)55-46)54-42(48)36-34-32-30-28-26-23-18-16-14-12-10-8-5-2/h7,9,13-16,19-20,22-24,26-27,29-30,32,39-40,43-46,49-51H,4-6,8,10-12,17-18,21,25,28,31,33-38H2,1-3H3/b9-7-,15-13-,16-14-,20-19-,24-22-,26-23-,29-27-,32-30-. The van der Waals surface area contributed by atoms with E-state index in [9.17, 15) is 24.9 Å². The highest BCUT2D eigenvalue weighted by Gasteiger charge is 2.43. The Bertz CT molecular complexity index is 1210. The Balaban J connectivity index is 2.47. The predicted molar refractivity (Wildman–Crippen MR) is 222 cm³/mol. The summed E-state index contributed by atoms with van der Waals surface area (Å²) in [6, 6.07) is 0. The maximum atomic E-state index is 12.7. The largest absolute Gasteiger partial charge is 0.462 e. The summed E-state index contributed by atoms with van der Waals surface area (Å²) in [5.41, 5.74) is 0. The second kappa shape index (κ2) is 35.1. The summed E-state index contributed by atoms with van der Waals surface area (Å²) < 4.78 is 22.4. The number of allylic oxidation sites excluding steroid dienone is 16. The van der Waals surface area contributed by atoms with Gasteiger partial charge in [0, 0.05) is 12.8 Å². The van der Waals surface area contributed by atoms with Gasteiger partial charge >= 0.3 is 11.9 Å². The van der Waals surface area contributed by atoms with E-state index in [2.05, 4.69) is 92.8 Å². The predicted octanol–water partition coefficient (Wildman–Crippen LogP) is 9.41. The number of aliphatic hydroxyl groups excluding tert-OH is 3. The number of esters is 2. The molecule has 1 fully saturated rings. The van der Waals surface area contributed by atoms with Crippen molar-refractivity contribution in [3.05, 3.63) is 97.2 Å². The number of rotatable bonds is 31. The van der Waals surface area contributed by atoms with E-state index < -0.39 is 48.7 Å². The molecule has 9 nitrogen and oxygen atoms in total. The van der Waals surface area contributed by atoms with Crippen molar-refractivity contribution in [1.29, 1.82) is 0 Å². The van der Waals surface area contributed by atoms with Crippen LogP contribution >= 0.6 is 0 Å². The Hall–Kier alpha value is -3.34. The van der Waals surface area contributed by atoms with Gasteiger partial charge in [0.2, 0.25) is 0 Å². The summed E-state index contributed by atoms with van der Waals surface area (Å²) in [5.74, 6) is -0.904. The number of unbranched alkanes of at least 4 members (excludes halogenated alkanes) is 4. The van der Waals surface area contributed by atoms with Gasteiger partial charge in [-0.25, -0.2) is 0 Å². The fourth-order valence-electron chi connectivity index (χ4n) is 5.44. The summed E-state index contributed by atoms with van der Waals surface area (Å²) >= 11 is 0. The molecule has 9 heteroatoms. The van der Waals surface area contributed by atoms with Crippen molar-refractivity contribution in [2.45, 2.75) is 167 Å². The van der Waals surface area contributed by atoms with Crippen LogP contribution < -0.4 is 0 Å². The Morgan fingerprint density at radius 1 is 0.564 bits per heavy atom. The van der Waals surface area contributed by atoms with Gasteiger partial charge in [0.1, 0.15) is 24.9 Å². The van der Waals surface area contributed by atoms with Gasteiger partial charge in [-0.3, -0.25) is 9.59 Å². The van der Waals surface area contributed by atoms with Crippen molar-refractivity contribution in [3.63, 3.8) is 0 Å². The third kappa shape index (κ3) is 27.0. The molecular weight excluding hydrogens is 696 g/mol. The molecule has 1 aliphatic heterocycles. The average molecular weight is 769 g/mol. The molecule has 6 atom stereocenters. The Labute approximate surface area is 332 Å².